The van der Waals surface area contributed by atoms with Crippen LogP contribution >= 0.6 is 0 Å². The van der Waals surface area contributed by atoms with Crippen LogP contribution in [0.2, 0.25) is 0 Å². The third-order valence-electron chi connectivity index (χ3n) is 5.64. The van der Waals surface area contributed by atoms with Gasteiger partial charge in [0.05, 0.1) is 18.8 Å². The van der Waals surface area contributed by atoms with E-state index in [0.29, 0.717) is 34.3 Å². The van der Waals surface area contributed by atoms with Crippen LogP contribution in [0.5, 0.6) is 11.5 Å². The molecule has 176 valence electrons. The second-order valence-corrected chi connectivity index (χ2v) is 8.46. The van der Waals surface area contributed by atoms with Crippen molar-refractivity contribution >= 4 is 23.1 Å². The number of methoxy groups -OCH3 is 1. The average Bonchev–Trinajstić information content (AvgIpc) is 3.35. The fraction of sp³-hybridized carbons (Fsp3) is 0.259. The number of carbonyl (C=O) groups excluding carboxylic acids is 2. The highest BCUT2D eigenvalue weighted by atomic mass is 16.5. The van der Waals surface area contributed by atoms with Gasteiger partial charge < -0.3 is 19.0 Å². The van der Waals surface area contributed by atoms with Crippen LogP contribution in [0.3, 0.4) is 0 Å². The maximum absolute atomic E-state index is 13.2. The number of aryl methyl sites for hydroxylation is 2. The standard InChI is InChI=1S/C27H27NO6/c1-15(2)33-21-13-7-18(14-16(21)3)25(29)23-24(22-12-6-17(4)34-22)28(27(31)26(23)30)19-8-10-20(32-5)11-9-19/h6-15,24,29H,1-5H3/b25-23-. The first kappa shape index (κ1) is 23.2. The van der Waals surface area contributed by atoms with Gasteiger partial charge in [-0.05, 0) is 87.9 Å². The molecule has 1 saturated heterocycles. The predicted molar refractivity (Wildman–Crippen MR) is 128 cm³/mol. The normalized spacial score (nSPS) is 17.5. The van der Waals surface area contributed by atoms with Crippen LogP contribution in [0.1, 0.15) is 42.5 Å². The molecule has 4 rings (SSSR count). The molecule has 2 aromatic carbocycles. The van der Waals surface area contributed by atoms with Crippen molar-refractivity contribution in [3.05, 3.63) is 82.8 Å². The zero-order valence-electron chi connectivity index (χ0n) is 19.8. The van der Waals surface area contributed by atoms with Crippen LogP contribution in [-0.2, 0) is 9.59 Å². The Kier molecular flexibility index (Phi) is 6.20. The van der Waals surface area contributed by atoms with Crippen molar-refractivity contribution in [2.45, 2.75) is 39.8 Å². The summed E-state index contributed by atoms with van der Waals surface area (Å²) in [6.07, 6.45) is -0.00448. The minimum atomic E-state index is -0.922. The first-order chi connectivity index (χ1) is 16.2. The van der Waals surface area contributed by atoms with Crippen molar-refractivity contribution in [3.63, 3.8) is 0 Å². The number of nitrogens with zero attached hydrogens (tertiary/aromatic N) is 1. The van der Waals surface area contributed by atoms with Crippen molar-refractivity contribution < 1.29 is 28.6 Å². The number of carbonyl (C=O) groups is 2. The average molecular weight is 462 g/mol. The van der Waals surface area contributed by atoms with Gasteiger partial charge in [-0.25, -0.2) is 0 Å². The van der Waals surface area contributed by atoms with Crippen molar-refractivity contribution in [1.29, 1.82) is 0 Å². The minimum Gasteiger partial charge on any atom is -0.507 e. The molecule has 3 aromatic rings. The molecule has 1 aliphatic rings. The summed E-state index contributed by atoms with van der Waals surface area (Å²) in [5, 5.41) is 11.3. The lowest BCUT2D eigenvalue weighted by Crippen LogP contribution is -2.29. The molecule has 7 nitrogen and oxygen atoms in total. The highest BCUT2D eigenvalue weighted by Gasteiger charge is 2.48. The van der Waals surface area contributed by atoms with Gasteiger partial charge >= 0.3 is 0 Å². The first-order valence-corrected chi connectivity index (χ1v) is 11.0. The maximum atomic E-state index is 13.2. The van der Waals surface area contributed by atoms with E-state index < -0.39 is 17.7 Å². The van der Waals surface area contributed by atoms with Gasteiger partial charge in [-0.2, -0.15) is 0 Å². The van der Waals surface area contributed by atoms with E-state index in [9.17, 15) is 14.7 Å². The number of ketones is 1. The highest BCUT2D eigenvalue weighted by molar-refractivity contribution is 6.51. The van der Waals surface area contributed by atoms with Crippen LogP contribution < -0.4 is 14.4 Å². The number of anilines is 1. The van der Waals surface area contributed by atoms with E-state index in [4.69, 9.17) is 13.9 Å². The van der Waals surface area contributed by atoms with Crippen molar-refractivity contribution in [2.24, 2.45) is 0 Å². The summed E-state index contributed by atoms with van der Waals surface area (Å²) in [5.41, 5.74) is 1.66. The molecule has 1 aliphatic heterocycles. The summed E-state index contributed by atoms with van der Waals surface area (Å²) in [7, 11) is 1.55. The summed E-state index contributed by atoms with van der Waals surface area (Å²) in [6, 6.07) is 14.5. The molecular formula is C27H27NO6. The number of benzene rings is 2. The fourth-order valence-corrected chi connectivity index (χ4v) is 4.05. The van der Waals surface area contributed by atoms with Gasteiger partial charge in [-0.1, -0.05) is 0 Å². The molecule has 1 fully saturated rings. The molecule has 0 bridgehead atoms. The second-order valence-electron chi connectivity index (χ2n) is 8.46. The lowest BCUT2D eigenvalue weighted by molar-refractivity contribution is -0.132. The quantitative estimate of drug-likeness (QED) is 0.304. The Morgan fingerprint density at radius 2 is 1.74 bits per heavy atom. The lowest BCUT2D eigenvalue weighted by Gasteiger charge is -2.23. The molecule has 1 unspecified atom stereocenters. The summed E-state index contributed by atoms with van der Waals surface area (Å²) >= 11 is 0. The van der Waals surface area contributed by atoms with Crippen LogP contribution in [0, 0.1) is 13.8 Å². The molecule has 34 heavy (non-hydrogen) atoms. The molecule has 1 N–H and O–H groups in total. The number of Topliss-reactive ketones (excluding diaryl/α,β-unsaturated/α-hetero) is 1. The number of hydrogen-bond donors (Lipinski definition) is 1. The third kappa shape index (κ3) is 4.17. The van der Waals surface area contributed by atoms with E-state index >= 15 is 0 Å². The number of aliphatic hydroxyl groups excluding tert-OH is 1. The number of rotatable bonds is 6. The molecule has 0 saturated carbocycles. The Hall–Kier alpha value is -4.00. The van der Waals surface area contributed by atoms with E-state index in [2.05, 4.69) is 0 Å². The maximum Gasteiger partial charge on any atom is 0.300 e. The Bertz CT molecular complexity index is 1270. The zero-order valence-corrected chi connectivity index (χ0v) is 19.8. The molecule has 1 aromatic heterocycles. The Morgan fingerprint density at radius 3 is 2.29 bits per heavy atom. The predicted octanol–water partition coefficient (Wildman–Crippen LogP) is 5.32. The number of aliphatic hydroxyl groups is 1. The van der Waals surface area contributed by atoms with Crippen molar-refractivity contribution in [2.75, 3.05) is 12.0 Å². The van der Waals surface area contributed by atoms with Gasteiger partial charge in [0.2, 0.25) is 0 Å². The summed E-state index contributed by atoms with van der Waals surface area (Å²) < 4.78 is 16.8. The number of furan rings is 1. The Balaban J connectivity index is 1.86. The topological polar surface area (TPSA) is 89.2 Å². The van der Waals surface area contributed by atoms with Gasteiger partial charge in [0.15, 0.2) is 0 Å². The van der Waals surface area contributed by atoms with Crippen molar-refractivity contribution in [1.82, 2.24) is 0 Å². The molecule has 0 aliphatic carbocycles. The molecule has 1 atom stereocenters. The summed E-state index contributed by atoms with van der Waals surface area (Å²) in [6.45, 7) is 7.50. The Morgan fingerprint density at radius 1 is 1.03 bits per heavy atom. The van der Waals surface area contributed by atoms with Gasteiger partial charge in [0.1, 0.15) is 34.8 Å². The van der Waals surface area contributed by atoms with Crippen LogP contribution in [0.4, 0.5) is 5.69 Å². The molecule has 2 heterocycles. The van der Waals surface area contributed by atoms with Gasteiger partial charge in [0.25, 0.3) is 11.7 Å². The van der Waals surface area contributed by atoms with Crippen molar-refractivity contribution in [3.8, 4) is 11.5 Å². The van der Waals surface area contributed by atoms with Crippen LogP contribution in [-0.4, -0.2) is 30.0 Å². The lowest BCUT2D eigenvalue weighted by atomic mass is 9.98. The largest absolute Gasteiger partial charge is 0.507 e. The number of hydrogen-bond acceptors (Lipinski definition) is 6. The molecular weight excluding hydrogens is 434 g/mol. The monoisotopic (exact) mass is 461 g/mol. The first-order valence-electron chi connectivity index (χ1n) is 11.0. The fourth-order valence-electron chi connectivity index (χ4n) is 4.05. The number of ether oxygens (including phenoxy) is 2. The van der Waals surface area contributed by atoms with E-state index in [1.54, 1.807) is 68.6 Å². The zero-order chi connectivity index (χ0) is 24.6. The molecule has 0 spiro atoms. The van der Waals surface area contributed by atoms with Crippen LogP contribution in [0.25, 0.3) is 5.76 Å². The minimum absolute atomic E-state index is 0.00448. The smallest absolute Gasteiger partial charge is 0.300 e. The molecule has 1 amide bonds. The Labute approximate surface area is 198 Å². The van der Waals surface area contributed by atoms with E-state index in [1.165, 1.54) is 4.90 Å². The summed E-state index contributed by atoms with van der Waals surface area (Å²) in [5.74, 6) is 0.502. The van der Waals surface area contributed by atoms with E-state index in [-0.39, 0.29) is 17.4 Å². The van der Waals surface area contributed by atoms with Gasteiger partial charge in [0, 0.05) is 11.3 Å². The van der Waals surface area contributed by atoms with Gasteiger partial charge in [-0.15, -0.1) is 0 Å². The number of amides is 1. The molecule has 7 heteroatoms. The summed E-state index contributed by atoms with van der Waals surface area (Å²) in [4.78, 5) is 27.7. The SMILES string of the molecule is COc1ccc(N2C(=O)C(=O)/C(=C(\O)c3ccc(OC(C)C)c(C)c3)C2c2ccc(C)o2)cc1. The van der Waals surface area contributed by atoms with E-state index in [0.717, 1.165) is 5.56 Å². The molecule has 0 radical (unpaired) electrons. The second kappa shape index (κ2) is 9.09. The van der Waals surface area contributed by atoms with Crippen LogP contribution in [0.15, 0.2) is 64.6 Å². The van der Waals surface area contributed by atoms with E-state index in [1.807, 2.05) is 20.8 Å². The third-order valence-corrected chi connectivity index (χ3v) is 5.64. The van der Waals surface area contributed by atoms with Gasteiger partial charge in [-0.3, -0.25) is 14.5 Å². The highest BCUT2D eigenvalue weighted by Crippen LogP contribution is 2.43.